The van der Waals surface area contributed by atoms with Crippen LogP contribution in [0.1, 0.15) is 12.5 Å². The number of nitrogens with zero attached hydrogens (tertiary/aromatic N) is 1. The number of hydrogen-bond donors (Lipinski definition) is 0. The number of benzene rings is 1. The Balaban J connectivity index is 2.47. The van der Waals surface area contributed by atoms with Crippen molar-refractivity contribution in [2.45, 2.75) is 19.4 Å². The second-order valence-corrected chi connectivity index (χ2v) is 4.03. The minimum absolute atomic E-state index is 0.660. The van der Waals surface area contributed by atoms with E-state index < -0.39 is 0 Å². The van der Waals surface area contributed by atoms with Gasteiger partial charge < -0.3 is 3.11 Å². The highest BCUT2D eigenvalue weighted by molar-refractivity contribution is 14.1. The lowest BCUT2D eigenvalue weighted by Crippen LogP contribution is -2.16. The van der Waals surface area contributed by atoms with E-state index in [4.69, 9.17) is 0 Å². The van der Waals surface area contributed by atoms with Crippen molar-refractivity contribution < 1.29 is 0 Å². The van der Waals surface area contributed by atoms with Crippen molar-refractivity contribution in [3.63, 3.8) is 0 Å². The van der Waals surface area contributed by atoms with E-state index in [1.807, 2.05) is 0 Å². The van der Waals surface area contributed by atoms with Gasteiger partial charge in [-0.25, -0.2) is 0 Å². The molecule has 1 atom stereocenters. The molecule has 0 N–H and O–H groups in total. The molecule has 0 saturated carbocycles. The Hall–Kier alpha value is -0.250. The number of anilines is 1. The molecule has 0 saturated heterocycles. The monoisotopic (exact) mass is 259 g/mol. The SMILES string of the molecule is CC1Cc2ccccc2N1I. The standard InChI is InChI=1S/C9H10IN/c1-7-6-8-4-2-3-5-9(8)11(7)10/h2-5,7H,6H2,1H3. The fraction of sp³-hybridized carbons (Fsp3) is 0.333. The van der Waals surface area contributed by atoms with Crippen LogP contribution in [0.15, 0.2) is 24.3 Å². The predicted molar refractivity (Wildman–Crippen MR) is 56.1 cm³/mol. The summed E-state index contributed by atoms with van der Waals surface area (Å²) in [5.74, 6) is 0. The van der Waals surface area contributed by atoms with E-state index in [1.165, 1.54) is 17.7 Å². The summed E-state index contributed by atoms with van der Waals surface area (Å²) >= 11 is 2.38. The van der Waals surface area contributed by atoms with E-state index in [9.17, 15) is 0 Å². The zero-order valence-corrected chi connectivity index (χ0v) is 8.58. The largest absolute Gasteiger partial charge is 0.311 e. The summed E-state index contributed by atoms with van der Waals surface area (Å²) < 4.78 is 2.31. The van der Waals surface area contributed by atoms with E-state index in [-0.39, 0.29) is 0 Å². The fourth-order valence-corrected chi connectivity index (χ4v) is 2.20. The summed E-state index contributed by atoms with van der Waals surface area (Å²) in [6.07, 6.45) is 1.19. The average Bonchev–Trinajstić information content (AvgIpc) is 2.30. The minimum atomic E-state index is 0.660. The Labute approximate surface area is 80.9 Å². The van der Waals surface area contributed by atoms with Gasteiger partial charge >= 0.3 is 0 Å². The molecule has 0 spiro atoms. The van der Waals surface area contributed by atoms with Crippen LogP contribution < -0.4 is 3.11 Å². The molecule has 0 aromatic heterocycles. The summed E-state index contributed by atoms with van der Waals surface area (Å²) in [7, 11) is 0. The van der Waals surface area contributed by atoms with Crippen molar-refractivity contribution in [1.82, 2.24) is 0 Å². The van der Waals surface area contributed by atoms with Gasteiger partial charge in [-0.2, -0.15) is 0 Å². The Morgan fingerprint density at radius 1 is 1.45 bits per heavy atom. The van der Waals surface area contributed by atoms with Crippen molar-refractivity contribution in [3.05, 3.63) is 29.8 Å². The van der Waals surface area contributed by atoms with Gasteiger partial charge in [0.25, 0.3) is 0 Å². The molecule has 1 aromatic rings. The first-order chi connectivity index (χ1) is 5.29. The van der Waals surface area contributed by atoms with Crippen molar-refractivity contribution in [2.75, 3.05) is 3.11 Å². The zero-order valence-electron chi connectivity index (χ0n) is 6.42. The van der Waals surface area contributed by atoms with Gasteiger partial charge in [0.1, 0.15) is 0 Å². The van der Waals surface area contributed by atoms with E-state index in [0.717, 1.165) is 0 Å². The number of halogens is 1. The van der Waals surface area contributed by atoms with E-state index in [0.29, 0.717) is 6.04 Å². The lowest BCUT2D eigenvalue weighted by molar-refractivity contribution is 0.808. The predicted octanol–water partition coefficient (Wildman–Crippen LogP) is 2.79. The second-order valence-electron chi connectivity index (χ2n) is 2.99. The van der Waals surface area contributed by atoms with Crippen LogP contribution in [0.4, 0.5) is 5.69 Å². The summed E-state index contributed by atoms with van der Waals surface area (Å²) in [6.45, 7) is 2.26. The molecule has 0 radical (unpaired) electrons. The van der Waals surface area contributed by atoms with Gasteiger partial charge in [-0.1, -0.05) is 18.2 Å². The van der Waals surface area contributed by atoms with Crippen molar-refractivity contribution in [2.24, 2.45) is 0 Å². The molecule has 1 aliphatic heterocycles. The molecule has 1 unspecified atom stereocenters. The maximum Gasteiger partial charge on any atom is 0.0594 e. The Morgan fingerprint density at radius 2 is 2.18 bits per heavy atom. The maximum atomic E-state index is 2.38. The first-order valence-corrected chi connectivity index (χ1v) is 4.78. The first kappa shape index (κ1) is 7.40. The molecule has 58 valence electrons. The van der Waals surface area contributed by atoms with Gasteiger partial charge in [0.2, 0.25) is 0 Å². The van der Waals surface area contributed by atoms with Crippen molar-refractivity contribution in [3.8, 4) is 0 Å². The van der Waals surface area contributed by atoms with Crippen LogP contribution in [0, 0.1) is 0 Å². The quantitative estimate of drug-likeness (QED) is 0.511. The summed E-state index contributed by atoms with van der Waals surface area (Å²) in [5.41, 5.74) is 2.87. The molecule has 1 heterocycles. The third-order valence-corrected chi connectivity index (χ3v) is 3.59. The highest BCUT2D eigenvalue weighted by atomic mass is 127. The number of hydrogen-bond acceptors (Lipinski definition) is 1. The van der Waals surface area contributed by atoms with Crippen LogP contribution in [0.5, 0.6) is 0 Å². The molecule has 0 bridgehead atoms. The molecule has 2 heteroatoms. The van der Waals surface area contributed by atoms with Gasteiger partial charge in [-0.3, -0.25) is 0 Å². The molecule has 0 aliphatic carbocycles. The zero-order chi connectivity index (χ0) is 7.84. The van der Waals surface area contributed by atoms with Crippen LogP contribution in [0.2, 0.25) is 0 Å². The van der Waals surface area contributed by atoms with Gasteiger partial charge in [0, 0.05) is 11.7 Å². The molecule has 11 heavy (non-hydrogen) atoms. The molecule has 0 fully saturated rings. The first-order valence-electron chi connectivity index (χ1n) is 3.82. The summed E-state index contributed by atoms with van der Waals surface area (Å²) in [6, 6.07) is 9.27. The van der Waals surface area contributed by atoms with E-state index in [2.05, 4.69) is 57.2 Å². The summed E-state index contributed by atoms with van der Waals surface area (Å²) in [5, 5.41) is 0. The molecule has 0 amide bonds. The van der Waals surface area contributed by atoms with Gasteiger partial charge in [-0.05, 0) is 25.0 Å². The van der Waals surface area contributed by atoms with Crippen LogP contribution in [-0.4, -0.2) is 6.04 Å². The van der Waals surface area contributed by atoms with Crippen LogP contribution in [-0.2, 0) is 6.42 Å². The Morgan fingerprint density at radius 3 is 2.91 bits per heavy atom. The number of fused-ring (bicyclic) bond motifs is 1. The fourth-order valence-electron chi connectivity index (χ4n) is 1.53. The highest BCUT2D eigenvalue weighted by Gasteiger charge is 2.22. The molecule has 1 nitrogen and oxygen atoms in total. The van der Waals surface area contributed by atoms with E-state index >= 15 is 0 Å². The molecular formula is C9H10IN. The number of para-hydroxylation sites is 1. The van der Waals surface area contributed by atoms with Gasteiger partial charge in [0.15, 0.2) is 0 Å². The maximum absolute atomic E-state index is 2.38. The lowest BCUT2D eigenvalue weighted by atomic mass is 10.1. The van der Waals surface area contributed by atoms with E-state index in [1.54, 1.807) is 0 Å². The molecule has 1 aliphatic rings. The lowest BCUT2D eigenvalue weighted by Gasteiger charge is -2.14. The minimum Gasteiger partial charge on any atom is -0.311 e. The van der Waals surface area contributed by atoms with Gasteiger partial charge in [-0.15, -0.1) is 0 Å². The second kappa shape index (κ2) is 2.66. The Kier molecular flexibility index (Phi) is 1.79. The van der Waals surface area contributed by atoms with Crippen LogP contribution in [0.3, 0.4) is 0 Å². The smallest absolute Gasteiger partial charge is 0.0594 e. The molecule has 1 aromatic carbocycles. The normalized spacial score (nSPS) is 22.0. The summed E-state index contributed by atoms with van der Waals surface area (Å²) in [4.78, 5) is 0. The third kappa shape index (κ3) is 1.13. The van der Waals surface area contributed by atoms with Crippen molar-refractivity contribution in [1.29, 1.82) is 0 Å². The highest BCUT2D eigenvalue weighted by Crippen LogP contribution is 2.34. The molecule has 2 rings (SSSR count). The van der Waals surface area contributed by atoms with Crippen LogP contribution in [0.25, 0.3) is 0 Å². The third-order valence-electron chi connectivity index (χ3n) is 2.12. The Bertz CT molecular complexity index is 272. The average molecular weight is 259 g/mol. The van der Waals surface area contributed by atoms with Crippen LogP contribution >= 0.6 is 22.9 Å². The number of rotatable bonds is 0. The van der Waals surface area contributed by atoms with Gasteiger partial charge in [0.05, 0.1) is 22.9 Å². The molecular weight excluding hydrogens is 249 g/mol. The topological polar surface area (TPSA) is 3.24 Å². The van der Waals surface area contributed by atoms with Crippen molar-refractivity contribution >= 4 is 28.6 Å².